The molecule has 0 radical (unpaired) electrons. The van der Waals surface area contributed by atoms with Gasteiger partial charge in [-0.25, -0.2) is 4.79 Å². The molecule has 1 aromatic rings. The fourth-order valence-electron chi connectivity index (χ4n) is 1.56. The summed E-state index contributed by atoms with van der Waals surface area (Å²) in [7, 11) is 0. The fourth-order valence-corrected chi connectivity index (χ4v) is 1.56. The van der Waals surface area contributed by atoms with Crippen LogP contribution in [0.5, 0.6) is 0 Å². The topological polar surface area (TPSA) is 92.4 Å². The summed E-state index contributed by atoms with van der Waals surface area (Å²) >= 11 is 0. The number of carboxylic acid groups (broad SMARTS) is 1. The van der Waals surface area contributed by atoms with Crippen molar-refractivity contribution in [3.05, 3.63) is 35.9 Å². The molecule has 0 aliphatic heterocycles. The Labute approximate surface area is 112 Å². The van der Waals surface area contributed by atoms with E-state index in [1.54, 1.807) is 30.3 Å². The first-order valence-corrected chi connectivity index (χ1v) is 6.07. The van der Waals surface area contributed by atoms with Crippen LogP contribution in [0.2, 0.25) is 0 Å². The van der Waals surface area contributed by atoms with Gasteiger partial charge in [0, 0.05) is 0 Å². The molecule has 0 fully saturated rings. The second-order valence-electron chi connectivity index (χ2n) is 5.53. The average Bonchev–Trinajstić information content (AvgIpc) is 2.34. The number of aliphatic carboxylic acids is 1. The lowest BCUT2D eigenvalue weighted by Gasteiger charge is -2.27. The highest BCUT2D eigenvalue weighted by Crippen LogP contribution is 2.19. The molecular formula is C14H20N2O3. The number of nitrogens with two attached hydrogens (primary N) is 1. The first kappa shape index (κ1) is 15.2. The molecule has 4 N–H and O–H groups in total. The number of rotatable bonds is 4. The zero-order valence-electron chi connectivity index (χ0n) is 11.4. The Morgan fingerprint density at radius 3 is 2.16 bits per heavy atom. The predicted octanol–water partition coefficient (Wildman–Crippen LogP) is 1.30. The van der Waals surface area contributed by atoms with Crippen molar-refractivity contribution in [2.45, 2.75) is 32.9 Å². The number of hydrogen-bond acceptors (Lipinski definition) is 3. The zero-order chi connectivity index (χ0) is 14.6. The van der Waals surface area contributed by atoms with Crippen molar-refractivity contribution < 1.29 is 14.7 Å². The summed E-state index contributed by atoms with van der Waals surface area (Å²) < 4.78 is 0. The summed E-state index contributed by atoms with van der Waals surface area (Å²) in [5.74, 6) is -1.58. The van der Waals surface area contributed by atoms with Crippen molar-refractivity contribution in [3.8, 4) is 0 Å². The van der Waals surface area contributed by atoms with E-state index in [0.717, 1.165) is 0 Å². The minimum absolute atomic E-state index is 0.427. The fraction of sp³-hybridized carbons (Fsp3) is 0.429. The molecule has 1 unspecified atom stereocenters. The van der Waals surface area contributed by atoms with Crippen LogP contribution >= 0.6 is 0 Å². The number of carbonyl (C=O) groups excluding carboxylic acids is 1. The molecule has 2 atom stereocenters. The van der Waals surface area contributed by atoms with E-state index >= 15 is 0 Å². The van der Waals surface area contributed by atoms with Gasteiger partial charge in [0.25, 0.3) is 0 Å². The summed E-state index contributed by atoms with van der Waals surface area (Å²) in [5.41, 5.74) is 5.91. The van der Waals surface area contributed by atoms with Crippen molar-refractivity contribution >= 4 is 11.9 Å². The summed E-state index contributed by atoms with van der Waals surface area (Å²) in [6, 6.07) is 6.69. The molecule has 1 aromatic carbocycles. The smallest absolute Gasteiger partial charge is 0.330 e. The Bertz CT molecular complexity index is 452. The van der Waals surface area contributed by atoms with E-state index in [0.29, 0.717) is 5.56 Å². The number of amides is 1. The molecule has 0 saturated heterocycles. The van der Waals surface area contributed by atoms with Crippen molar-refractivity contribution in [2.24, 2.45) is 11.1 Å². The van der Waals surface area contributed by atoms with Crippen LogP contribution in [-0.4, -0.2) is 23.0 Å². The molecule has 5 heteroatoms. The lowest BCUT2D eigenvalue weighted by atomic mass is 9.86. The van der Waals surface area contributed by atoms with Gasteiger partial charge >= 0.3 is 5.97 Å². The van der Waals surface area contributed by atoms with Gasteiger partial charge in [-0.05, 0) is 11.0 Å². The van der Waals surface area contributed by atoms with Crippen LogP contribution in [0.3, 0.4) is 0 Å². The molecule has 104 valence electrons. The summed E-state index contributed by atoms with van der Waals surface area (Å²) in [6.07, 6.45) is 0. The molecule has 0 aliphatic carbocycles. The number of nitrogens with one attached hydrogen (secondary N) is 1. The third-order valence-electron chi connectivity index (χ3n) is 2.88. The minimum atomic E-state index is -1.11. The number of carboxylic acids is 1. The van der Waals surface area contributed by atoms with Crippen molar-refractivity contribution in [2.75, 3.05) is 0 Å². The molecule has 1 amide bonds. The average molecular weight is 264 g/mol. The van der Waals surface area contributed by atoms with Crippen LogP contribution in [0.4, 0.5) is 0 Å². The van der Waals surface area contributed by atoms with Gasteiger partial charge in [-0.3, -0.25) is 4.79 Å². The SMILES string of the molecule is CC(C)(C)C(N)C(=O)N[C@@H](C(=O)O)c1ccccc1. The van der Waals surface area contributed by atoms with E-state index in [2.05, 4.69) is 5.32 Å². The Balaban J connectivity index is 2.87. The Kier molecular flexibility index (Phi) is 4.67. The third-order valence-corrected chi connectivity index (χ3v) is 2.88. The Morgan fingerprint density at radius 1 is 1.21 bits per heavy atom. The molecule has 0 spiro atoms. The van der Waals surface area contributed by atoms with Crippen LogP contribution in [-0.2, 0) is 9.59 Å². The van der Waals surface area contributed by atoms with Gasteiger partial charge in [-0.15, -0.1) is 0 Å². The van der Waals surface area contributed by atoms with E-state index in [1.807, 2.05) is 20.8 Å². The first-order chi connectivity index (χ1) is 8.73. The van der Waals surface area contributed by atoms with Crippen molar-refractivity contribution in [1.82, 2.24) is 5.32 Å². The zero-order valence-corrected chi connectivity index (χ0v) is 11.4. The van der Waals surface area contributed by atoms with Crippen LogP contribution < -0.4 is 11.1 Å². The van der Waals surface area contributed by atoms with Gasteiger partial charge < -0.3 is 16.2 Å². The maximum atomic E-state index is 12.0. The van der Waals surface area contributed by atoms with Crippen LogP contribution in [0, 0.1) is 5.41 Å². The highest BCUT2D eigenvalue weighted by atomic mass is 16.4. The molecule has 5 nitrogen and oxygen atoms in total. The van der Waals surface area contributed by atoms with Gasteiger partial charge in [0.05, 0.1) is 6.04 Å². The molecule has 19 heavy (non-hydrogen) atoms. The van der Waals surface area contributed by atoms with Crippen LogP contribution in [0.25, 0.3) is 0 Å². The quantitative estimate of drug-likeness (QED) is 0.764. The predicted molar refractivity (Wildman–Crippen MR) is 72.4 cm³/mol. The molecular weight excluding hydrogens is 244 g/mol. The number of carbonyl (C=O) groups is 2. The summed E-state index contributed by atoms with van der Waals surface area (Å²) in [5, 5.41) is 11.7. The van der Waals surface area contributed by atoms with Gasteiger partial charge in [-0.2, -0.15) is 0 Å². The van der Waals surface area contributed by atoms with Crippen molar-refractivity contribution in [3.63, 3.8) is 0 Å². The maximum Gasteiger partial charge on any atom is 0.330 e. The lowest BCUT2D eigenvalue weighted by molar-refractivity contribution is -0.142. The Hall–Kier alpha value is -1.88. The lowest BCUT2D eigenvalue weighted by Crippen LogP contribution is -2.50. The minimum Gasteiger partial charge on any atom is -0.479 e. The first-order valence-electron chi connectivity index (χ1n) is 6.07. The standard InChI is InChI=1S/C14H20N2O3/c1-14(2,3)11(15)12(17)16-10(13(18)19)9-7-5-4-6-8-9/h4-8,10-11H,15H2,1-3H3,(H,16,17)(H,18,19)/t10-,11?/m1/s1. The number of hydrogen-bond donors (Lipinski definition) is 3. The second-order valence-corrected chi connectivity index (χ2v) is 5.53. The van der Waals surface area contributed by atoms with E-state index in [-0.39, 0.29) is 0 Å². The van der Waals surface area contributed by atoms with Gasteiger partial charge in [0.2, 0.25) is 5.91 Å². The van der Waals surface area contributed by atoms with Gasteiger partial charge in [-0.1, -0.05) is 51.1 Å². The molecule has 0 aromatic heterocycles. The Morgan fingerprint density at radius 2 is 1.74 bits per heavy atom. The summed E-state index contributed by atoms with van der Waals surface area (Å²) in [6.45, 7) is 5.49. The van der Waals surface area contributed by atoms with Crippen LogP contribution in [0.15, 0.2) is 30.3 Å². The van der Waals surface area contributed by atoms with Crippen LogP contribution in [0.1, 0.15) is 32.4 Å². The highest BCUT2D eigenvalue weighted by molar-refractivity contribution is 5.87. The monoisotopic (exact) mass is 264 g/mol. The van der Waals surface area contributed by atoms with E-state index < -0.39 is 29.4 Å². The summed E-state index contributed by atoms with van der Waals surface area (Å²) in [4.78, 5) is 23.2. The maximum absolute atomic E-state index is 12.0. The van der Waals surface area contributed by atoms with E-state index in [9.17, 15) is 14.7 Å². The largest absolute Gasteiger partial charge is 0.479 e. The molecule has 0 saturated carbocycles. The van der Waals surface area contributed by atoms with Gasteiger partial charge in [0.1, 0.15) is 0 Å². The van der Waals surface area contributed by atoms with Gasteiger partial charge in [0.15, 0.2) is 6.04 Å². The van der Waals surface area contributed by atoms with E-state index in [1.165, 1.54) is 0 Å². The molecule has 0 heterocycles. The normalized spacial score (nSPS) is 14.5. The molecule has 0 aliphatic rings. The third kappa shape index (κ3) is 4.06. The van der Waals surface area contributed by atoms with Crippen molar-refractivity contribution in [1.29, 1.82) is 0 Å². The highest BCUT2D eigenvalue weighted by Gasteiger charge is 2.31. The molecule has 0 bridgehead atoms. The molecule has 1 rings (SSSR count). The number of benzene rings is 1. The van der Waals surface area contributed by atoms with E-state index in [4.69, 9.17) is 5.73 Å². The second kappa shape index (κ2) is 5.84.